The second-order valence-corrected chi connectivity index (χ2v) is 7.72. The van der Waals surface area contributed by atoms with Gasteiger partial charge in [-0.25, -0.2) is 4.98 Å². The van der Waals surface area contributed by atoms with Gasteiger partial charge in [-0.15, -0.1) is 0 Å². The van der Waals surface area contributed by atoms with Crippen molar-refractivity contribution >= 4 is 23.2 Å². The van der Waals surface area contributed by atoms with E-state index in [2.05, 4.69) is 27.8 Å². The predicted octanol–water partition coefficient (Wildman–Crippen LogP) is 3.80. The summed E-state index contributed by atoms with van der Waals surface area (Å²) in [5, 5.41) is 7.08. The summed E-state index contributed by atoms with van der Waals surface area (Å²) in [6, 6.07) is 23.5. The molecule has 2 aliphatic heterocycles. The minimum Gasteiger partial charge on any atom is -0.368 e. The number of likely N-dealkylation sites (tertiary alicyclic amines) is 1. The summed E-state index contributed by atoms with van der Waals surface area (Å²) in [5.74, 6) is 1.65. The quantitative estimate of drug-likeness (QED) is 0.705. The van der Waals surface area contributed by atoms with Gasteiger partial charge in [0.25, 0.3) is 5.91 Å². The highest BCUT2D eigenvalue weighted by molar-refractivity contribution is 6.09. The Morgan fingerprint density at radius 3 is 2.60 bits per heavy atom. The molecule has 0 aliphatic carbocycles. The molecule has 30 heavy (non-hydrogen) atoms. The minimum absolute atomic E-state index is 0.0497. The molecule has 3 aromatic rings. The number of benzene rings is 2. The number of amidine groups is 1. The van der Waals surface area contributed by atoms with Crippen LogP contribution in [0.3, 0.4) is 0 Å². The zero-order valence-corrected chi connectivity index (χ0v) is 16.6. The van der Waals surface area contributed by atoms with E-state index in [9.17, 15) is 4.79 Å². The number of amides is 1. The van der Waals surface area contributed by atoms with Crippen LogP contribution in [0.25, 0.3) is 0 Å². The van der Waals surface area contributed by atoms with E-state index < -0.39 is 5.54 Å². The van der Waals surface area contributed by atoms with Crippen molar-refractivity contribution in [1.82, 2.24) is 9.88 Å². The molecule has 0 saturated carbocycles. The first kappa shape index (κ1) is 18.4. The van der Waals surface area contributed by atoms with Crippen LogP contribution in [-0.4, -0.2) is 40.3 Å². The van der Waals surface area contributed by atoms with Crippen molar-refractivity contribution in [3.8, 4) is 0 Å². The van der Waals surface area contributed by atoms with Crippen molar-refractivity contribution in [3.63, 3.8) is 0 Å². The van der Waals surface area contributed by atoms with Gasteiger partial charge in [-0.2, -0.15) is 0 Å². The molecule has 150 valence electrons. The number of anilines is 2. The Morgan fingerprint density at radius 2 is 1.80 bits per heavy atom. The molecule has 1 aromatic heterocycles. The number of aromatic nitrogens is 1. The SMILES string of the molecule is O=C(c1ccccc1)N1CCC2(C1)Nc1cccnc1NC2=NCc1ccccc1. The first-order valence-electron chi connectivity index (χ1n) is 10.2. The average molecular weight is 397 g/mol. The molecule has 2 N–H and O–H groups in total. The second-order valence-electron chi connectivity index (χ2n) is 7.72. The van der Waals surface area contributed by atoms with Crippen LogP contribution < -0.4 is 10.6 Å². The standard InChI is InChI=1S/C24H23N5O/c30-22(19-10-5-2-6-11-19)29-15-13-24(17-29)23(26-16-18-8-3-1-4-9-18)27-21-20(28-24)12-7-14-25-21/h1-12,14,28H,13,15-17H2,(H,25,26,27). The molecule has 6 nitrogen and oxygen atoms in total. The molecule has 0 radical (unpaired) electrons. The van der Waals surface area contributed by atoms with Crippen molar-refractivity contribution in [2.24, 2.45) is 4.99 Å². The van der Waals surface area contributed by atoms with E-state index >= 15 is 0 Å². The number of hydrogen-bond acceptors (Lipinski definition) is 4. The highest BCUT2D eigenvalue weighted by Crippen LogP contribution is 2.36. The van der Waals surface area contributed by atoms with Gasteiger partial charge in [0, 0.05) is 18.3 Å². The number of aliphatic imine (C=N–C) groups is 1. The molecule has 5 rings (SSSR count). The van der Waals surface area contributed by atoms with Gasteiger partial charge in [0.15, 0.2) is 5.82 Å². The van der Waals surface area contributed by atoms with Crippen LogP contribution in [0.1, 0.15) is 22.3 Å². The first-order chi connectivity index (χ1) is 14.7. The molecule has 1 spiro atoms. The Morgan fingerprint density at radius 1 is 1.03 bits per heavy atom. The summed E-state index contributed by atoms with van der Waals surface area (Å²) >= 11 is 0. The summed E-state index contributed by atoms with van der Waals surface area (Å²) in [6.45, 7) is 1.79. The van der Waals surface area contributed by atoms with Crippen molar-refractivity contribution in [2.75, 3.05) is 23.7 Å². The number of carbonyl (C=O) groups excluding carboxylic acids is 1. The van der Waals surface area contributed by atoms with Crippen LogP contribution in [0.15, 0.2) is 84.0 Å². The summed E-state index contributed by atoms with van der Waals surface area (Å²) in [7, 11) is 0. The van der Waals surface area contributed by atoms with Gasteiger partial charge in [0.1, 0.15) is 11.4 Å². The van der Waals surface area contributed by atoms with Crippen LogP contribution in [0.2, 0.25) is 0 Å². The van der Waals surface area contributed by atoms with E-state index in [4.69, 9.17) is 4.99 Å². The van der Waals surface area contributed by atoms with E-state index in [-0.39, 0.29) is 5.91 Å². The molecule has 1 atom stereocenters. The summed E-state index contributed by atoms with van der Waals surface area (Å²) in [6.07, 6.45) is 2.54. The Labute approximate surface area is 175 Å². The predicted molar refractivity (Wildman–Crippen MR) is 119 cm³/mol. The van der Waals surface area contributed by atoms with Crippen molar-refractivity contribution in [3.05, 3.63) is 90.1 Å². The lowest BCUT2D eigenvalue weighted by Gasteiger charge is -2.38. The average Bonchev–Trinajstić information content (AvgIpc) is 3.23. The maximum absolute atomic E-state index is 13.0. The lowest BCUT2D eigenvalue weighted by atomic mass is 9.93. The Kier molecular flexibility index (Phi) is 4.67. The summed E-state index contributed by atoms with van der Waals surface area (Å²) in [5.41, 5.74) is 2.34. The fourth-order valence-corrected chi connectivity index (χ4v) is 4.14. The molecular weight excluding hydrogens is 374 g/mol. The molecule has 2 aromatic carbocycles. The molecule has 3 heterocycles. The number of fused-ring (bicyclic) bond motifs is 1. The largest absolute Gasteiger partial charge is 0.368 e. The molecule has 1 unspecified atom stereocenters. The van der Waals surface area contributed by atoms with Crippen molar-refractivity contribution < 1.29 is 4.79 Å². The van der Waals surface area contributed by atoms with E-state index in [0.29, 0.717) is 25.2 Å². The molecule has 1 amide bonds. The van der Waals surface area contributed by atoms with Crippen molar-refractivity contribution in [1.29, 1.82) is 0 Å². The third-order valence-corrected chi connectivity index (χ3v) is 5.71. The number of rotatable bonds is 3. The van der Waals surface area contributed by atoms with E-state index in [1.54, 1.807) is 6.20 Å². The normalized spacial score (nSPS) is 21.2. The maximum atomic E-state index is 13.0. The summed E-state index contributed by atoms with van der Waals surface area (Å²) in [4.78, 5) is 24.3. The number of nitrogens with zero attached hydrogens (tertiary/aromatic N) is 3. The van der Waals surface area contributed by atoms with Crippen LogP contribution >= 0.6 is 0 Å². The van der Waals surface area contributed by atoms with E-state index in [0.717, 1.165) is 29.3 Å². The van der Waals surface area contributed by atoms with Gasteiger partial charge in [0.2, 0.25) is 0 Å². The molecule has 2 aliphatic rings. The number of hydrogen-bond donors (Lipinski definition) is 2. The highest BCUT2D eigenvalue weighted by Gasteiger charge is 2.47. The molecule has 1 fully saturated rings. The number of nitrogens with one attached hydrogen (secondary N) is 2. The topological polar surface area (TPSA) is 69.6 Å². The zero-order chi connectivity index (χ0) is 20.4. The second kappa shape index (κ2) is 7.63. The van der Waals surface area contributed by atoms with Gasteiger partial charge in [-0.05, 0) is 36.2 Å². The third kappa shape index (κ3) is 3.41. The highest BCUT2D eigenvalue weighted by atomic mass is 16.2. The van der Waals surface area contributed by atoms with Gasteiger partial charge in [0.05, 0.1) is 18.8 Å². The fraction of sp³-hybridized carbons (Fsp3) is 0.208. The van der Waals surface area contributed by atoms with E-state index in [1.807, 2.05) is 65.6 Å². The van der Waals surface area contributed by atoms with Gasteiger partial charge in [-0.1, -0.05) is 48.5 Å². The van der Waals surface area contributed by atoms with E-state index in [1.165, 1.54) is 0 Å². The maximum Gasteiger partial charge on any atom is 0.253 e. The molecular formula is C24H23N5O. The van der Waals surface area contributed by atoms with Gasteiger partial charge in [-0.3, -0.25) is 9.79 Å². The Balaban J connectivity index is 1.45. The Bertz CT molecular complexity index is 1080. The fourth-order valence-electron chi connectivity index (χ4n) is 4.14. The number of pyridine rings is 1. The number of carbonyl (C=O) groups is 1. The Hall–Kier alpha value is -3.67. The lowest BCUT2D eigenvalue weighted by molar-refractivity contribution is 0.0789. The van der Waals surface area contributed by atoms with Crippen molar-refractivity contribution in [2.45, 2.75) is 18.5 Å². The zero-order valence-electron chi connectivity index (χ0n) is 16.6. The van der Waals surface area contributed by atoms with Gasteiger partial charge >= 0.3 is 0 Å². The lowest BCUT2D eigenvalue weighted by Crippen LogP contribution is -2.55. The van der Waals surface area contributed by atoms with Crippen LogP contribution in [0.5, 0.6) is 0 Å². The van der Waals surface area contributed by atoms with Crippen LogP contribution in [0, 0.1) is 0 Å². The summed E-state index contributed by atoms with van der Waals surface area (Å²) < 4.78 is 0. The molecule has 6 heteroatoms. The monoisotopic (exact) mass is 397 g/mol. The first-order valence-corrected chi connectivity index (χ1v) is 10.2. The smallest absolute Gasteiger partial charge is 0.253 e. The molecule has 0 bridgehead atoms. The third-order valence-electron chi connectivity index (χ3n) is 5.71. The minimum atomic E-state index is -0.449. The van der Waals surface area contributed by atoms with Gasteiger partial charge < -0.3 is 15.5 Å². The molecule has 1 saturated heterocycles. The van der Waals surface area contributed by atoms with Crippen LogP contribution in [0.4, 0.5) is 11.5 Å². The van der Waals surface area contributed by atoms with Crippen LogP contribution in [-0.2, 0) is 6.54 Å².